The van der Waals surface area contributed by atoms with Gasteiger partial charge in [-0.3, -0.25) is 4.79 Å². The summed E-state index contributed by atoms with van der Waals surface area (Å²) in [6, 6.07) is 12.8. The third kappa shape index (κ3) is 3.43. The molecule has 0 aliphatic rings. The first-order valence-corrected chi connectivity index (χ1v) is 7.57. The van der Waals surface area contributed by atoms with E-state index in [1.807, 2.05) is 31.2 Å². The minimum absolute atomic E-state index is 0.178. The molecule has 0 unspecified atom stereocenters. The Bertz CT molecular complexity index is 847. The van der Waals surface area contributed by atoms with Crippen LogP contribution in [-0.4, -0.2) is 27.7 Å². The Kier molecular flexibility index (Phi) is 4.43. The summed E-state index contributed by atoms with van der Waals surface area (Å²) < 4.78 is 0. The zero-order valence-electron chi connectivity index (χ0n) is 12.5. The van der Waals surface area contributed by atoms with Gasteiger partial charge < -0.3 is 10.2 Å². The van der Waals surface area contributed by atoms with Crippen LogP contribution in [0.5, 0.6) is 0 Å². The van der Waals surface area contributed by atoms with E-state index in [1.165, 1.54) is 4.85 Å². The molecule has 2 aromatic carbocycles. The summed E-state index contributed by atoms with van der Waals surface area (Å²) in [6.45, 7) is 1.86. The molecule has 118 valence electrons. The van der Waals surface area contributed by atoms with Gasteiger partial charge in [0.05, 0.1) is 0 Å². The lowest BCUT2D eigenvalue weighted by Gasteiger charge is -2.10. The molecule has 6 nitrogen and oxygen atoms in total. The van der Waals surface area contributed by atoms with Gasteiger partial charge in [0, 0.05) is 10.7 Å². The Hall–Kier alpha value is -2.60. The van der Waals surface area contributed by atoms with Crippen LogP contribution >= 0.6 is 11.6 Å². The summed E-state index contributed by atoms with van der Waals surface area (Å²) in [5, 5.41) is 11.2. The molecular weight excluding hydrogens is 316 g/mol. The minimum atomic E-state index is -0.267. The van der Waals surface area contributed by atoms with Crippen molar-refractivity contribution < 1.29 is 9.63 Å². The van der Waals surface area contributed by atoms with E-state index in [0.29, 0.717) is 16.1 Å². The predicted molar refractivity (Wildman–Crippen MR) is 88.4 cm³/mol. The van der Waals surface area contributed by atoms with Crippen LogP contribution in [0.1, 0.15) is 12.5 Å². The predicted octanol–water partition coefficient (Wildman–Crippen LogP) is 2.71. The molecule has 3 rings (SSSR count). The first-order valence-electron chi connectivity index (χ1n) is 7.19. The van der Waals surface area contributed by atoms with Crippen LogP contribution < -0.4 is 10.2 Å². The maximum Gasteiger partial charge on any atom is 0.265 e. The van der Waals surface area contributed by atoms with Crippen LogP contribution in [0, 0.1) is 0 Å². The van der Waals surface area contributed by atoms with E-state index in [9.17, 15) is 4.79 Å². The van der Waals surface area contributed by atoms with E-state index in [0.717, 1.165) is 17.7 Å². The molecule has 23 heavy (non-hydrogen) atoms. The number of amides is 1. The maximum absolute atomic E-state index is 12.1. The Morgan fingerprint density at radius 1 is 1.30 bits per heavy atom. The summed E-state index contributed by atoms with van der Waals surface area (Å²) in [4.78, 5) is 18.7. The molecule has 7 heteroatoms. The first kappa shape index (κ1) is 15.3. The summed E-state index contributed by atoms with van der Waals surface area (Å²) >= 11 is 5.95. The Balaban J connectivity index is 1.67. The van der Waals surface area contributed by atoms with Crippen molar-refractivity contribution in [3.63, 3.8) is 0 Å². The lowest BCUT2D eigenvalue weighted by Crippen LogP contribution is -2.26. The van der Waals surface area contributed by atoms with Crippen molar-refractivity contribution in [1.29, 1.82) is 0 Å². The van der Waals surface area contributed by atoms with Gasteiger partial charge in [-0.15, -0.1) is 5.10 Å². The highest BCUT2D eigenvalue weighted by Gasteiger charge is 2.10. The second-order valence-electron chi connectivity index (χ2n) is 4.93. The SMILES string of the molecule is CCc1ccccc1NC(=O)COn1nnc2ccc(Cl)cc21. The number of rotatable bonds is 5. The van der Waals surface area contributed by atoms with Gasteiger partial charge >= 0.3 is 0 Å². The van der Waals surface area contributed by atoms with Crippen molar-refractivity contribution >= 4 is 34.2 Å². The molecule has 0 aliphatic carbocycles. The fourth-order valence-electron chi connectivity index (χ4n) is 2.22. The van der Waals surface area contributed by atoms with Crippen LogP contribution in [0.25, 0.3) is 11.0 Å². The summed E-state index contributed by atoms with van der Waals surface area (Å²) in [5.74, 6) is -0.267. The lowest BCUT2D eigenvalue weighted by molar-refractivity contribution is -0.121. The fourth-order valence-corrected chi connectivity index (χ4v) is 2.39. The maximum atomic E-state index is 12.1. The molecule has 1 N–H and O–H groups in total. The Morgan fingerprint density at radius 2 is 2.13 bits per heavy atom. The number of aromatic nitrogens is 3. The van der Waals surface area contributed by atoms with E-state index in [-0.39, 0.29) is 12.5 Å². The standard InChI is InChI=1S/C16H15ClN4O2/c1-2-11-5-3-4-6-13(11)18-16(22)10-23-21-15-9-12(17)7-8-14(15)19-20-21/h3-9H,2,10H2,1H3,(H,18,22). The largest absolute Gasteiger partial charge is 0.385 e. The molecule has 0 spiro atoms. The van der Waals surface area contributed by atoms with Crippen molar-refractivity contribution in [3.05, 3.63) is 53.1 Å². The number of para-hydroxylation sites is 1. The molecule has 1 aromatic heterocycles. The van der Waals surface area contributed by atoms with Crippen LogP contribution in [-0.2, 0) is 11.2 Å². The molecular formula is C16H15ClN4O2. The molecule has 0 saturated carbocycles. The topological polar surface area (TPSA) is 69.0 Å². The molecule has 0 atom stereocenters. The smallest absolute Gasteiger partial charge is 0.265 e. The Labute approximate surface area is 138 Å². The fraction of sp³-hybridized carbons (Fsp3) is 0.188. The third-order valence-electron chi connectivity index (χ3n) is 3.37. The van der Waals surface area contributed by atoms with Gasteiger partial charge in [0.25, 0.3) is 5.91 Å². The second kappa shape index (κ2) is 6.66. The van der Waals surface area contributed by atoms with Crippen molar-refractivity contribution in [2.75, 3.05) is 11.9 Å². The van der Waals surface area contributed by atoms with Gasteiger partial charge in [-0.25, -0.2) is 0 Å². The highest BCUT2D eigenvalue weighted by atomic mass is 35.5. The van der Waals surface area contributed by atoms with Gasteiger partial charge in [-0.1, -0.05) is 41.6 Å². The van der Waals surface area contributed by atoms with E-state index in [2.05, 4.69) is 15.6 Å². The normalized spacial score (nSPS) is 10.7. The van der Waals surface area contributed by atoms with Crippen molar-refractivity contribution in [1.82, 2.24) is 15.2 Å². The number of fused-ring (bicyclic) bond motifs is 1. The van der Waals surface area contributed by atoms with E-state index >= 15 is 0 Å². The molecule has 1 heterocycles. The van der Waals surface area contributed by atoms with Crippen LogP contribution in [0.15, 0.2) is 42.5 Å². The molecule has 1 amide bonds. The molecule has 0 saturated heterocycles. The van der Waals surface area contributed by atoms with Gasteiger partial charge in [-0.05, 0) is 41.5 Å². The van der Waals surface area contributed by atoms with Crippen molar-refractivity contribution in [3.8, 4) is 0 Å². The summed E-state index contributed by atoms with van der Waals surface area (Å²) in [6.07, 6.45) is 0.837. The quantitative estimate of drug-likeness (QED) is 0.781. The number of hydrogen-bond acceptors (Lipinski definition) is 4. The number of benzene rings is 2. The summed E-state index contributed by atoms with van der Waals surface area (Å²) in [5.41, 5.74) is 3.11. The number of nitrogens with one attached hydrogen (secondary N) is 1. The average Bonchev–Trinajstić information content (AvgIpc) is 2.95. The van der Waals surface area contributed by atoms with Crippen LogP contribution in [0.3, 0.4) is 0 Å². The van der Waals surface area contributed by atoms with Crippen molar-refractivity contribution in [2.24, 2.45) is 0 Å². The lowest BCUT2D eigenvalue weighted by atomic mass is 10.1. The molecule has 0 fully saturated rings. The molecule has 0 aliphatic heterocycles. The van der Waals surface area contributed by atoms with Crippen LogP contribution in [0.2, 0.25) is 5.02 Å². The third-order valence-corrected chi connectivity index (χ3v) is 3.60. The number of anilines is 1. The highest BCUT2D eigenvalue weighted by molar-refractivity contribution is 6.31. The molecule has 0 radical (unpaired) electrons. The zero-order chi connectivity index (χ0) is 16.2. The van der Waals surface area contributed by atoms with Gasteiger partial charge in [0.2, 0.25) is 0 Å². The number of nitrogens with zero attached hydrogens (tertiary/aromatic N) is 3. The van der Waals surface area contributed by atoms with E-state index < -0.39 is 0 Å². The van der Waals surface area contributed by atoms with Gasteiger partial charge in [0.15, 0.2) is 6.61 Å². The first-order chi connectivity index (χ1) is 11.2. The number of carbonyl (C=O) groups excluding carboxylic acids is 1. The summed E-state index contributed by atoms with van der Waals surface area (Å²) in [7, 11) is 0. The van der Waals surface area contributed by atoms with Crippen molar-refractivity contribution in [2.45, 2.75) is 13.3 Å². The number of halogens is 1. The molecule has 0 bridgehead atoms. The number of carbonyl (C=O) groups is 1. The number of aryl methyl sites for hydroxylation is 1. The van der Waals surface area contributed by atoms with E-state index in [4.69, 9.17) is 16.4 Å². The zero-order valence-corrected chi connectivity index (χ0v) is 13.2. The Morgan fingerprint density at radius 3 is 2.96 bits per heavy atom. The second-order valence-corrected chi connectivity index (χ2v) is 5.36. The molecule has 3 aromatic rings. The monoisotopic (exact) mass is 330 g/mol. The van der Waals surface area contributed by atoms with Gasteiger partial charge in [-0.2, -0.15) is 0 Å². The highest BCUT2D eigenvalue weighted by Crippen LogP contribution is 2.17. The minimum Gasteiger partial charge on any atom is -0.385 e. The average molecular weight is 331 g/mol. The van der Waals surface area contributed by atoms with E-state index in [1.54, 1.807) is 18.2 Å². The van der Waals surface area contributed by atoms with Crippen LogP contribution in [0.4, 0.5) is 5.69 Å². The number of hydrogen-bond donors (Lipinski definition) is 1. The van der Waals surface area contributed by atoms with Gasteiger partial charge in [0.1, 0.15) is 11.0 Å².